The van der Waals surface area contributed by atoms with E-state index >= 15 is 0 Å². The highest BCUT2D eigenvalue weighted by Gasteiger charge is 2.28. The Balaban J connectivity index is 1.57. The van der Waals surface area contributed by atoms with Crippen LogP contribution in [-0.2, 0) is 11.2 Å². The highest BCUT2D eigenvalue weighted by molar-refractivity contribution is 8.00. The number of anilines is 1. The lowest BCUT2D eigenvalue weighted by Crippen LogP contribution is -2.35. The van der Waals surface area contributed by atoms with Crippen molar-refractivity contribution in [3.8, 4) is 0 Å². The molecule has 0 radical (unpaired) electrons. The molecule has 1 aromatic carbocycles. The Morgan fingerprint density at radius 3 is 3.09 bits per heavy atom. The van der Waals surface area contributed by atoms with Gasteiger partial charge < -0.3 is 4.90 Å². The van der Waals surface area contributed by atoms with E-state index in [1.165, 1.54) is 17.3 Å². The van der Waals surface area contributed by atoms with Crippen LogP contribution in [0, 0.1) is 0 Å². The van der Waals surface area contributed by atoms with Gasteiger partial charge in [0.2, 0.25) is 5.91 Å². The van der Waals surface area contributed by atoms with Gasteiger partial charge in [0, 0.05) is 17.6 Å². The molecule has 4 nitrogen and oxygen atoms in total. The molecule has 1 aliphatic rings. The van der Waals surface area contributed by atoms with Crippen LogP contribution in [0.15, 0.2) is 47.1 Å². The summed E-state index contributed by atoms with van der Waals surface area (Å²) in [4.78, 5) is 24.3. The second-order valence-electron chi connectivity index (χ2n) is 5.45. The molecule has 0 unspecified atom stereocenters. The van der Waals surface area contributed by atoms with E-state index in [0.29, 0.717) is 0 Å². The first kappa shape index (κ1) is 14.7. The van der Waals surface area contributed by atoms with Gasteiger partial charge in [-0.1, -0.05) is 30.0 Å². The molecule has 1 amide bonds. The van der Waals surface area contributed by atoms with Crippen molar-refractivity contribution < 1.29 is 4.79 Å². The summed E-state index contributed by atoms with van der Waals surface area (Å²) in [6.45, 7) is 2.72. The lowest BCUT2D eigenvalue weighted by molar-refractivity contribution is -0.117. The summed E-state index contributed by atoms with van der Waals surface area (Å²) in [6, 6.07) is 10.2. The SMILES string of the molecule is C[C@@H](Sc1ncnc2sccc12)C(=O)N1CCc2ccccc21. The minimum absolute atomic E-state index is 0.141. The van der Waals surface area contributed by atoms with Crippen molar-refractivity contribution in [3.63, 3.8) is 0 Å². The fourth-order valence-corrected chi connectivity index (χ4v) is 4.63. The van der Waals surface area contributed by atoms with Gasteiger partial charge in [-0.05, 0) is 36.4 Å². The minimum atomic E-state index is -0.181. The van der Waals surface area contributed by atoms with Gasteiger partial charge in [-0.25, -0.2) is 9.97 Å². The first-order valence-corrected chi connectivity index (χ1v) is 9.24. The normalized spacial score (nSPS) is 14.9. The zero-order valence-electron chi connectivity index (χ0n) is 12.6. The van der Waals surface area contributed by atoms with Gasteiger partial charge in [0.1, 0.15) is 16.2 Å². The minimum Gasteiger partial charge on any atom is -0.311 e. The van der Waals surface area contributed by atoms with Gasteiger partial charge in [0.15, 0.2) is 0 Å². The Bertz CT molecular complexity index is 877. The van der Waals surface area contributed by atoms with Gasteiger partial charge >= 0.3 is 0 Å². The highest BCUT2D eigenvalue weighted by Crippen LogP contribution is 2.33. The molecule has 0 N–H and O–H groups in total. The van der Waals surface area contributed by atoms with Crippen LogP contribution >= 0.6 is 23.1 Å². The number of carbonyl (C=O) groups is 1. The van der Waals surface area contributed by atoms with Crippen LogP contribution in [0.4, 0.5) is 5.69 Å². The summed E-state index contributed by atoms with van der Waals surface area (Å²) >= 11 is 3.10. The monoisotopic (exact) mass is 341 g/mol. The standard InChI is InChI=1S/C17H15N3OS2/c1-11(23-16-13-7-9-22-15(13)18-10-19-16)17(21)20-8-6-12-4-2-3-5-14(12)20/h2-5,7,9-11H,6,8H2,1H3/t11-/m1/s1. The van der Waals surface area contributed by atoms with Crippen LogP contribution in [0.5, 0.6) is 0 Å². The maximum Gasteiger partial charge on any atom is 0.240 e. The van der Waals surface area contributed by atoms with Crippen molar-refractivity contribution in [1.29, 1.82) is 0 Å². The first-order valence-electron chi connectivity index (χ1n) is 7.48. The van der Waals surface area contributed by atoms with Crippen LogP contribution in [0.25, 0.3) is 10.2 Å². The molecule has 3 heterocycles. The van der Waals surface area contributed by atoms with E-state index < -0.39 is 0 Å². The van der Waals surface area contributed by atoms with Gasteiger partial charge in [-0.15, -0.1) is 11.3 Å². The zero-order chi connectivity index (χ0) is 15.8. The number of hydrogen-bond acceptors (Lipinski definition) is 5. The van der Waals surface area contributed by atoms with E-state index in [1.807, 2.05) is 41.5 Å². The Morgan fingerprint density at radius 2 is 2.17 bits per heavy atom. The molecule has 3 aromatic rings. The van der Waals surface area contributed by atoms with Crippen molar-refractivity contribution in [3.05, 3.63) is 47.6 Å². The third-order valence-corrected chi connectivity index (χ3v) is 5.94. The number of nitrogens with zero attached hydrogens (tertiary/aromatic N) is 3. The molecular weight excluding hydrogens is 326 g/mol. The number of benzene rings is 1. The predicted octanol–water partition coefficient (Wildman–Crippen LogP) is 3.76. The number of aromatic nitrogens is 2. The fourth-order valence-electron chi connectivity index (χ4n) is 2.87. The van der Waals surface area contributed by atoms with Gasteiger partial charge in [-0.2, -0.15) is 0 Å². The highest BCUT2D eigenvalue weighted by atomic mass is 32.2. The van der Waals surface area contributed by atoms with E-state index in [2.05, 4.69) is 16.0 Å². The Hall–Kier alpha value is -1.92. The molecule has 23 heavy (non-hydrogen) atoms. The maximum absolute atomic E-state index is 12.9. The number of rotatable bonds is 3. The molecule has 116 valence electrons. The molecule has 0 saturated carbocycles. The molecule has 6 heteroatoms. The van der Waals surface area contributed by atoms with Crippen LogP contribution < -0.4 is 4.90 Å². The third-order valence-electron chi connectivity index (χ3n) is 4.01. The number of amides is 1. The third kappa shape index (κ3) is 2.62. The van der Waals surface area contributed by atoms with Crippen LogP contribution in [0.2, 0.25) is 0 Å². The summed E-state index contributed by atoms with van der Waals surface area (Å²) in [6.07, 6.45) is 2.51. The van der Waals surface area contributed by atoms with E-state index in [1.54, 1.807) is 17.7 Å². The first-order chi connectivity index (χ1) is 11.2. The number of carbonyl (C=O) groups excluding carboxylic acids is 1. The molecule has 2 aromatic heterocycles. The average molecular weight is 341 g/mol. The number of fused-ring (bicyclic) bond motifs is 2. The van der Waals surface area contributed by atoms with E-state index in [4.69, 9.17) is 0 Å². The predicted molar refractivity (Wildman–Crippen MR) is 95.2 cm³/mol. The maximum atomic E-state index is 12.9. The molecule has 0 spiro atoms. The van der Waals surface area contributed by atoms with Crippen LogP contribution in [-0.4, -0.2) is 27.7 Å². The largest absolute Gasteiger partial charge is 0.311 e. The molecular formula is C17H15N3OS2. The summed E-state index contributed by atoms with van der Waals surface area (Å²) < 4.78 is 0. The topological polar surface area (TPSA) is 46.1 Å². The number of thiophene rings is 1. The molecule has 4 rings (SSSR count). The quantitative estimate of drug-likeness (QED) is 0.537. The lowest BCUT2D eigenvalue weighted by atomic mass is 10.2. The van der Waals surface area contributed by atoms with Gasteiger partial charge in [0.05, 0.1) is 5.25 Å². The number of para-hydroxylation sites is 1. The second-order valence-corrected chi connectivity index (χ2v) is 7.67. The Morgan fingerprint density at radius 1 is 1.30 bits per heavy atom. The van der Waals surface area contributed by atoms with Crippen molar-refractivity contribution in [2.45, 2.75) is 23.6 Å². The summed E-state index contributed by atoms with van der Waals surface area (Å²) in [5.74, 6) is 0.141. The molecule has 0 fully saturated rings. The van der Waals surface area contributed by atoms with Crippen molar-refractivity contribution >= 4 is 44.9 Å². The smallest absolute Gasteiger partial charge is 0.240 e. The molecule has 0 bridgehead atoms. The molecule has 0 saturated heterocycles. The van der Waals surface area contributed by atoms with Crippen molar-refractivity contribution in [1.82, 2.24) is 9.97 Å². The van der Waals surface area contributed by atoms with Crippen LogP contribution in [0.1, 0.15) is 12.5 Å². The lowest BCUT2D eigenvalue weighted by Gasteiger charge is -2.21. The molecule has 0 aliphatic carbocycles. The Labute approximate surface area is 142 Å². The average Bonchev–Trinajstić information content (AvgIpc) is 3.21. The number of hydrogen-bond donors (Lipinski definition) is 0. The fraction of sp³-hybridized carbons (Fsp3) is 0.235. The van der Waals surface area contributed by atoms with E-state index in [0.717, 1.165) is 33.9 Å². The molecule has 1 aliphatic heterocycles. The van der Waals surface area contributed by atoms with Gasteiger partial charge in [-0.3, -0.25) is 4.79 Å². The van der Waals surface area contributed by atoms with Crippen molar-refractivity contribution in [2.24, 2.45) is 0 Å². The summed E-state index contributed by atoms with van der Waals surface area (Å²) in [5, 5.41) is 3.74. The zero-order valence-corrected chi connectivity index (χ0v) is 14.2. The van der Waals surface area contributed by atoms with Crippen molar-refractivity contribution in [2.75, 3.05) is 11.4 Å². The Kier molecular flexibility index (Phi) is 3.79. The molecule has 1 atom stereocenters. The van der Waals surface area contributed by atoms with Crippen LogP contribution in [0.3, 0.4) is 0 Å². The summed E-state index contributed by atoms with van der Waals surface area (Å²) in [7, 11) is 0. The summed E-state index contributed by atoms with van der Waals surface area (Å²) in [5.41, 5.74) is 2.30. The van der Waals surface area contributed by atoms with Gasteiger partial charge in [0.25, 0.3) is 0 Å². The number of thioether (sulfide) groups is 1. The second kappa shape index (κ2) is 5.94. The van der Waals surface area contributed by atoms with E-state index in [-0.39, 0.29) is 11.2 Å². The van der Waals surface area contributed by atoms with E-state index in [9.17, 15) is 4.79 Å².